The fraction of sp³-hybridized carbons (Fsp3) is 0.423. The second kappa shape index (κ2) is 9.85. The van der Waals surface area contributed by atoms with Crippen LogP contribution < -0.4 is 20.1 Å². The molecule has 5 rings (SSSR count). The average Bonchev–Trinajstić information content (AvgIpc) is 3.52. The first-order valence-electron chi connectivity index (χ1n) is 12.2. The molecule has 0 aliphatic carbocycles. The summed E-state index contributed by atoms with van der Waals surface area (Å²) in [5, 5.41) is 17.7. The van der Waals surface area contributed by atoms with E-state index in [-0.39, 0.29) is 35.5 Å². The second-order valence-electron chi connectivity index (χ2n) is 10.2. The van der Waals surface area contributed by atoms with E-state index in [0.29, 0.717) is 30.4 Å². The van der Waals surface area contributed by atoms with Crippen LogP contribution in [0.25, 0.3) is 0 Å². The van der Waals surface area contributed by atoms with Crippen LogP contribution in [-0.2, 0) is 0 Å². The van der Waals surface area contributed by atoms with Gasteiger partial charge in [0.15, 0.2) is 28.9 Å². The number of para-hydroxylation sites is 1. The lowest BCUT2D eigenvalue weighted by molar-refractivity contribution is 0.0721. The third kappa shape index (κ3) is 4.90. The van der Waals surface area contributed by atoms with Crippen molar-refractivity contribution in [2.75, 3.05) is 30.5 Å². The predicted octanol–water partition coefficient (Wildman–Crippen LogP) is 5.54. The number of likely N-dealkylation sites (tertiary alicyclic amines) is 1. The molecule has 10 heteroatoms. The molecular weight excluding hydrogens is 478 g/mol. The van der Waals surface area contributed by atoms with Gasteiger partial charge < -0.3 is 30.1 Å². The van der Waals surface area contributed by atoms with E-state index in [2.05, 4.69) is 40.2 Å². The normalized spacial score (nSPS) is 16.0. The largest absolute Gasteiger partial charge is 0.505 e. The molecule has 0 radical (unpaired) electrons. The Morgan fingerprint density at radius 2 is 1.81 bits per heavy atom. The number of ether oxygens (including phenoxy) is 2. The number of hydrogen-bond acceptors (Lipinski definition) is 9. The summed E-state index contributed by atoms with van der Waals surface area (Å²) in [6.45, 7) is 8.08. The highest BCUT2D eigenvalue weighted by molar-refractivity contribution is 6.99. The number of aromatic nitrogens is 2. The van der Waals surface area contributed by atoms with Crippen LogP contribution in [0.2, 0.25) is 0 Å². The van der Waals surface area contributed by atoms with Crippen LogP contribution in [-0.4, -0.2) is 44.5 Å². The standard InChI is InChI=1S/C26H31N5O4S/c1-26(2,3)22(16-10-11-19-20(14-16)35-15-34-19)28-24-23(29-36-30-24)27-18-9-7-8-17(21(18)32)25(33)31-12-5-4-6-13-31/h7-11,14,22,32H,4-6,12-13,15H2,1-3H3,(H,27,29)(H,28,30)/t22-/m0/s1. The van der Waals surface area contributed by atoms with Gasteiger partial charge in [0.05, 0.1) is 29.0 Å². The number of fused-ring (bicyclic) bond motifs is 1. The second-order valence-corrected chi connectivity index (χ2v) is 10.7. The highest BCUT2D eigenvalue weighted by Crippen LogP contribution is 2.42. The van der Waals surface area contributed by atoms with Crippen molar-refractivity contribution in [3.63, 3.8) is 0 Å². The number of aromatic hydroxyl groups is 1. The van der Waals surface area contributed by atoms with E-state index < -0.39 is 0 Å². The molecular formula is C26H31N5O4S. The lowest BCUT2D eigenvalue weighted by atomic mass is 9.82. The van der Waals surface area contributed by atoms with E-state index in [9.17, 15) is 9.90 Å². The highest BCUT2D eigenvalue weighted by Gasteiger charge is 2.30. The smallest absolute Gasteiger partial charge is 0.257 e. The molecule has 190 valence electrons. The van der Waals surface area contributed by atoms with Crippen LogP contribution in [0.15, 0.2) is 36.4 Å². The Morgan fingerprint density at radius 3 is 2.58 bits per heavy atom. The molecule has 3 heterocycles. The van der Waals surface area contributed by atoms with Gasteiger partial charge in [-0.25, -0.2) is 0 Å². The molecule has 1 atom stereocenters. The van der Waals surface area contributed by atoms with Crippen LogP contribution in [0.1, 0.15) is 62.0 Å². The number of piperidine rings is 1. The van der Waals surface area contributed by atoms with Crippen molar-refractivity contribution in [1.29, 1.82) is 0 Å². The fourth-order valence-electron chi connectivity index (χ4n) is 4.61. The van der Waals surface area contributed by atoms with Gasteiger partial charge in [0, 0.05) is 13.1 Å². The van der Waals surface area contributed by atoms with E-state index in [1.807, 2.05) is 18.2 Å². The molecule has 1 amide bonds. The van der Waals surface area contributed by atoms with Crippen LogP contribution in [0.4, 0.5) is 17.3 Å². The van der Waals surface area contributed by atoms with Crippen molar-refractivity contribution in [3.8, 4) is 17.2 Å². The lowest BCUT2D eigenvalue weighted by Gasteiger charge is -2.32. The third-order valence-corrected chi connectivity index (χ3v) is 7.06. The number of benzene rings is 2. The molecule has 1 aromatic heterocycles. The number of phenols is 1. The van der Waals surface area contributed by atoms with E-state index >= 15 is 0 Å². The number of amides is 1. The monoisotopic (exact) mass is 509 g/mol. The Balaban J connectivity index is 1.38. The molecule has 0 bridgehead atoms. The first-order valence-corrected chi connectivity index (χ1v) is 12.9. The van der Waals surface area contributed by atoms with E-state index in [1.54, 1.807) is 23.1 Å². The molecule has 2 aromatic carbocycles. The fourth-order valence-corrected chi connectivity index (χ4v) is 5.08. The highest BCUT2D eigenvalue weighted by atomic mass is 32.1. The minimum absolute atomic E-state index is 0.0878. The van der Waals surface area contributed by atoms with E-state index in [0.717, 1.165) is 48.1 Å². The summed E-state index contributed by atoms with van der Waals surface area (Å²) < 4.78 is 19.9. The van der Waals surface area contributed by atoms with Crippen LogP contribution in [0.5, 0.6) is 17.2 Å². The zero-order valence-electron chi connectivity index (χ0n) is 20.7. The van der Waals surface area contributed by atoms with E-state index in [1.165, 1.54) is 0 Å². The Kier molecular flexibility index (Phi) is 6.61. The van der Waals surface area contributed by atoms with Crippen molar-refractivity contribution < 1.29 is 19.4 Å². The molecule has 0 unspecified atom stereocenters. The number of phenolic OH excluding ortho intramolecular Hbond substituents is 1. The summed E-state index contributed by atoms with van der Waals surface area (Å²) in [6, 6.07) is 11.0. The van der Waals surface area contributed by atoms with Gasteiger partial charge in [0.2, 0.25) is 6.79 Å². The summed E-state index contributed by atoms with van der Waals surface area (Å²) >= 11 is 1.07. The van der Waals surface area contributed by atoms with Gasteiger partial charge in [0.25, 0.3) is 5.91 Å². The molecule has 3 aromatic rings. The maximum absolute atomic E-state index is 13.0. The molecule has 1 saturated heterocycles. The molecule has 0 spiro atoms. The van der Waals surface area contributed by atoms with Crippen molar-refractivity contribution in [3.05, 3.63) is 47.5 Å². The topological polar surface area (TPSA) is 109 Å². The maximum Gasteiger partial charge on any atom is 0.257 e. The zero-order valence-corrected chi connectivity index (χ0v) is 21.5. The van der Waals surface area contributed by atoms with Crippen molar-refractivity contribution in [2.45, 2.75) is 46.1 Å². The van der Waals surface area contributed by atoms with Gasteiger partial charge in [-0.2, -0.15) is 8.75 Å². The first kappa shape index (κ1) is 24.2. The summed E-state index contributed by atoms with van der Waals surface area (Å²) in [5.41, 5.74) is 1.55. The molecule has 9 nitrogen and oxygen atoms in total. The molecule has 36 heavy (non-hydrogen) atoms. The third-order valence-electron chi connectivity index (χ3n) is 6.53. The number of anilines is 3. The van der Waals surface area contributed by atoms with Crippen LogP contribution >= 0.6 is 11.7 Å². The molecule has 2 aliphatic heterocycles. The minimum Gasteiger partial charge on any atom is -0.505 e. The quantitative estimate of drug-likeness (QED) is 0.372. The molecule has 3 N–H and O–H groups in total. The van der Waals surface area contributed by atoms with Crippen LogP contribution in [0, 0.1) is 5.41 Å². The molecule has 0 saturated carbocycles. The Morgan fingerprint density at radius 1 is 1.06 bits per heavy atom. The summed E-state index contributed by atoms with van der Waals surface area (Å²) in [5.74, 6) is 2.26. The molecule has 1 fully saturated rings. The minimum atomic E-state index is -0.169. The summed E-state index contributed by atoms with van der Waals surface area (Å²) in [6.07, 6.45) is 3.11. The lowest BCUT2D eigenvalue weighted by Crippen LogP contribution is -2.35. The first-order chi connectivity index (χ1) is 17.3. The number of carbonyl (C=O) groups is 1. The van der Waals surface area contributed by atoms with Crippen LogP contribution in [0.3, 0.4) is 0 Å². The van der Waals surface area contributed by atoms with Gasteiger partial charge in [-0.05, 0) is 54.5 Å². The van der Waals surface area contributed by atoms with Gasteiger partial charge in [-0.3, -0.25) is 4.79 Å². The van der Waals surface area contributed by atoms with Crippen molar-refractivity contribution in [1.82, 2.24) is 13.6 Å². The number of carbonyl (C=O) groups excluding carboxylic acids is 1. The SMILES string of the molecule is CC(C)(C)[C@@H](Nc1nsnc1Nc1cccc(C(=O)N2CCCCC2)c1O)c1ccc2c(c1)OCO2. The number of nitrogens with zero attached hydrogens (tertiary/aromatic N) is 3. The number of rotatable bonds is 6. The Hall–Kier alpha value is -3.53. The summed E-state index contributed by atoms with van der Waals surface area (Å²) in [4.78, 5) is 14.8. The predicted molar refractivity (Wildman–Crippen MR) is 139 cm³/mol. The Bertz CT molecular complexity index is 1250. The number of nitrogens with one attached hydrogen (secondary N) is 2. The van der Waals surface area contributed by atoms with Gasteiger partial charge in [-0.1, -0.05) is 32.9 Å². The van der Waals surface area contributed by atoms with Gasteiger partial charge >= 0.3 is 0 Å². The number of hydrogen-bond donors (Lipinski definition) is 3. The van der Waals surface area contributed by atoms with E-state index in [4.69, 9.17) is 9.47 Å². The maximum atomic E-state index is 13.0. The summed E-state index contributed by atoms with van der Waals surface area (Å²) in [7, 11) is 0. The van der Waals surface area contributed by atoms with Gasteiger partial charge in [0.1, 0.15) is 0 Å². The Labute approximate surface area is 214 Å². The zero-order chi connectivity index (χ0) is 25.3. The average molecular weight is 510 g/mol. The van der Waals surface area contributed by atoms with Crippen molar-refractivity contribution >= 4 is 35.0 Å². The van der Waals surface area contributed by atoms with Gasteiger partial charge in [-0.15, -0.1) is 0 Å². The van der Waals surface area contributed by atoms with Crippen molar-refractivity contribution in [2.24, 2.45) is 5.41 Å². The molecule has 2 aliphatic rings.